The van der Waals surface area contributed by atoms with E-state index in [0.717, 1.165) is 0 Å². The van der Waals surface area contributed by atoms with Gasteiger partial charge >= 0.3 is 5.97 Å². The quantitative estimate of drug-likeness (QED) is 0.209. The van der Waals surface area contributed by atoms with Gasteiger partial charge in [-0.2, -0.15) is 0 Å². The van der Waals surface area contributed by atoms with E-state index in [0.29, 0.717) is 32.9 Å². The Balaban J connectivity index is 1.61. The van der Waals surface area contributed by atoms with Crippen LogP contribution in [0.3, 0.4) is 0 Å². The summed E-state index contributed by atoms with van der Waals surface area (Å²) in [5, 5.41) is 12.7. The molecule has 0 fully saturated rings. The molecule has 0 spiro atoms. The SMILES string of the molecule is Cc1cc(C(=O)OCC(=O)c2cccc3c([N+](=O)[O-])cccc23)c2ccccc2n1. The summed E-state index contributed by atoms with van der Waals surface area (Å²) in [6.45, 7) is 1.30. The lowest BCUT2D eigenvalue weighted by Gasteiger charge is -2.09. The number of aromatic nitrogens is 1. The first kappa shape index (κ1) is 19.2. The zero-order valence-electron chi connectivity index (χ0n) is 16.0. The summed E-state index contributed by atoms with van der Waals surface area (Å²) in [5.41, 5.74) is 1.84. The molecule has 1 heterocycles. The molecule has 4 aromatic rings. The number of hydrogen-bond donors (Lipinski definition) is 0. The van der Waals surface area contributed by atoms with Crippen LogP contribution in [0.2, 0.25) is 0 Å². The monoisotopic (exact) mass is 400 g/mol. The number of nitro benzene ring substituents is 1. The Kier molecular flexibility index (Phi) is 4.93. The van der Waals surface area contributed by atoms with Crippen molar-refractivity contribution < 1.29 is 19.2 Å². The van der Waals surface area contributed by atoms with Gasteiger partial charge in [-0.15, -0.1) is 0 Å². The van der Waals surface area contributed by atoms with E-state index in [1.54, 1.807) is 55.5 Å². The number of rotatable bonds is 5. The molecule has 30 heavy (non-hydrogen) atoms. The maximum atomic E-state index is 12.7. The molecule has 3 aromatic carbocycles. The summed E-state index contributed by atoms with van der Waals surface area (Å²) < 4.78 is 5.28. The Labute approximate surface area is 171 Å². The van der Waals surface area contributed by atoms with E-state index < -0.39 is 23.3 Å². The number of aryl methyl sites for hydroxylation is 1. The van der Waals surface area contributed by atoms with Crippen LogP contribution in [0.25, 0.3) is 21.7 Å². The third-order valence-corrected chi connectivity index (χ3v) is 4.79. The van der Waals surface area contributed by atoms with Gasteiger partial charge in [0.1, 0.15) is 0 Å². The number of non-ortho nitro benzene ring substituents is 1. The Morgan fingerprint density at radius 3 is 2.43 bits per heavy atom. The molecule has 0 aliphatic carbocycles. The van der Waals surface area contributed by atoms with E-state index in [9.17, 15) is 19.7 Å². The van der Waals surface area contributed by atoms with Crippen molar-refractivity contribution in [3.05, 3.63) is 93.7 Å². The Bertz CT molecular complexity index is 1330. The molecule has 148 valence electrons. The predicted octanol–water partition coefficient (Wildman–Crippen LogP) is 4.64. The fourth-order valence-corrected chi connectivity index (χ4v) is 3.46. The topological polar surface area (TPSA) is 99.4 Å². The number of pyridine rings is 1. The van der Waals surface area contributed by atoms with Gasteiger partial charge in [0.05, 0.1) is 21.4 Å². The van der Waals surface area contributed by atoms with Crippen LogP contribution in [0.4, 0.5) is 5.69 Å². The van der Waals surface area contributed by atoms with Crippen molar-refractivity contribution in [3.8, 4) is 0 Å². The zero-order chi connectivity index (χ0) is 21.3. The number of carbonyl (C=O) groups is 2. The second-order valence-electron chi connectivity index (χ2n) is 6.76. The normalized spacial score (nSPS) is 10.8. The van der Waals surface area contributed by atoms with E-state index in [-0.39, 0.29) is 11.3 Å². The second-order valence-corrected chi connectivity index (χ2v) is 6.76. The first-order valence-corrected chi connectivity index (χ1v) is 9.18. The van der Waals surface area contributed by atoms with Gasteiger partial charge in [-0.05, 0) is 30.5 Å². The van der Waals surface area contributed by atoms with E-state index in [1.165, 1.54) is 12.1 Å². The van der Waals surface area contributed by atoms with Crippen LogP contribution < -0.4 is 0 Å². The molecule has 1 aromatic heterocycles. The lowest BCUT2D eigenvalue weighted by Crippen LogP contribution is -2.15. The fraction of sp³-hybridized carbons (Fsp3) is 0.0870. The summed E-state index contributed by atoms with van der Waals surface area (Å²) in [5.74, 6) is -1.07. The van der Waals surface area contributed by atoms with E-state index >= 15 is 0 Å². The molecule has 0 unspecified atom stereocenters. The van der Waals surface area contributed by atoms with Crippen LogP contribution >= 0.6 is 0 Å². The largest absolute Gasteiger partial charge is 0.454 e. The van der Waals surface area contributed by atoms with Gasteiger partial charge in [0, 0.05) is 22.7 Å². The number of benzene rings is 3. The molecule has 0 amide bonds. The van der Waals surface area contributed by atoms with Gasteiger partial charge in [0.2, 0.25) is 5.78 Å². The summed E-state index contributed by atoms with van der Waals surface area (Å²) in [6.07, 6.45) is 0. The first-order chi connectivity index (χ1) is 14.5. The fourth-order valence-electron chi connectivity index (χ4n) is 3.46. The summed E-state index contributed by atoms with van der Waals surface area (Å²) >= 11 is 0. The van der Waals surface area contributed by atoms with Crippen molar-refractivity contribution in [1.82, 2.24) is 4.98 Å². The number of para-hydroxylation sites is 1. The third kappa shape index (κ3) is 3.48. The highest BCUT2D eigenvalue weighted by molar-refractivity contribution is 6.11. The standard InChI is InChI=1S/C23H16N2O5/c1-14-12-19(16-6-2-3-10-20(16)24-14)23(27)30-13-22(26)18-9-4-8-17-15(18)7-5-11-21(17)25(28)29/h2-12H,13H2,1H3. The first-order valence-electron chi connectivity index (χ1n) is 9.18. The Morgan fingerprint density at radius 1 is 0.933 bits per heavy atom. The van der Waals surface area contributed by atoms with Crippen LogP contribution in [0.1, 0.15) is 26.4 Å². The highest BCUT2D eigenvalue weighted by Gasteiger charge is 2.19. The Hall–Kier alpha value is -4.13. The number of fused-ring (bicyclic) bond motifs is 2. The van der Waals surface area contributed by atoms with Crippen molar-refractivity contribution >= 4 is 39.1 Å². The highest BCUT2D eigenvalue weighted by atomic mass is 16.6. The predicted molar refractivity (Wildman–Crippen MR) is 112 cm³/mol. The molecule has 0 aliphatic heterocycles. The van der Waals surface area contributed by atoms with Crippen LogP contribution in [0.15, 0.2) is 66.7 Å². The molecule has 7 nitrogen and oxygen atoms in total. The molecule has 7 heteroatoms. The molecule has 0 bridgehead atoms. The lowest BCUT2D eigenvalue weighted by molar-refractivity contribution is -0.383. The number of hydrogen-bond acceptors (Lipinski definition) is 6. The Morgan fingerprint density at radius 2 is 1.63 bits per heavy atom. The minimum atomic E-state index is -0.628. The number of esters is 1. The molecule has 0 saturated carbocycles. The van der Waals surface area contributed by atoms with Gasteiger partial charge in [-0.3, -0.25) is 19.9 Å². The van der Waals surface area contributed by atoms with Gasteiger partial charge in [0.15, 0.2) is 6.61 Å². The minimum absolute atomic E-state index is 0.0853. The molecule has 0 atom stereocenters. The minimum Gasteiger partial charge on any atom is -0.454 e. The number of nitro groups is 1. The average Bonchev–Trinajstić information content (AvgIpc) is 2.75. The zero-order valence-corrected chi connectivity index (χ0v) is 16.0. The maximum absolute atomic E-state index is 12.7. The number of ether oxygens (including phenoxy) is 1. The molecular weight excluding hydrogens is 384 g/mol. The summed E-state index contributed by atoms with van der Waals surface area (Å²) in [4.78, 5) is 40.6. The summed E-state index contributed by atoms with van der Waals surface area (Å²) in [6, 6.07) is 18.1. The maximum Gasteiger partial charge on any atom is 0.339 e. The second kappa shape index (κ2) is 7.71. The van der Waals surface area contributed by atoms with Crippen molar-refractivity contribution in [2.24, 2.45) is 0 Å². The number of Topliss-reactive ketones (excluding diaryl/α,β-unsaturated/α-hetero) is 1. The van der Waals surface area contributed by atoms with Crippen LogP contribution in [0, 0.1) is 17.0 Å². The molecule has 0 N–H and O–H groups in total. The van der Waals surface area contributed by atoms with Crippen molar-refractivity contribution in [2.75, 3.05) is 6.61 Å². The average molecular weight is 400 g/mol. The van der Waals surface area contributed by atoms with Gasteiger partial charge in [0.25, 0.3) is 5.69 Å². The van der Waals surface area contributed by atoms with Crippen molar-refractivity contribution in [2.45, 2.75) is 6.92 Å². The van der Waals surface area contributed by atoms with E-state index in [4.69, 9.17) is 4.74 Å². The van der Waals surface area contributed by atoms with Gasteiger partial charge in [-0.25, -0.2) is 4.79 Å². The van der Waals surface area contributed by atoms with Crippen LogP contribution in [-0.2, 0) is 4.74 Å². The number of nitrogens with zero attached hydrogens (tertiary/aromatic N) is 2. The van der Waals surface area contributed by atoms with E-state index in [1.807, 2.05) is 6.07 Å². The van der Waals surface area contributed by atoms with Crippen molar-refractivity contribution in [1.29, 1.82) is 0 Å². The van der Waals surface area contributed by atoms with Crippen LogP contribution in [-0.4, -0.2) is 28.3 Å². The highest BCUT2D eigenvalue weighted by Crippen LogP contribution is 2.28. The van der Waals surface area contributed by atoms with E-state index in [2.05, 4.69) is 4.98 Å². The van der Waals surface area contributed by atoms with Gasteiger partial charge < -0.3 is 4.74 Å². The molecule has 0 aliphatic rings. The number of ketones is 1. The molecular formula is C23H16N2O5. The molecule has 4 rings (SSSR count). The smallest absolute Gasteiger partial charge is 0.339 e. The number of carbonyl (C=O) groups excluding carboxylic acids is 2. The van der Waals surface area contributed by atoms with Crippen LogP contribution in [0.5, 0.6) is 0 Å². The molecule has 0 radical (unpaired) electrons. The third-order valence-electron chi connectivity index (χ3n) is 4.79. The van der Waals surface area contributed by atoms with Gasteiger partial charge in [-0.1, -0.05) is 42.5 Å². The molecule has 0 saturated heterocycles. The summed E-state index contributed by atoms with van der Waals surface area (Å²) in [7, 11) is 0. The lowest BCUT2D eigenvalue weighted by atomic mass is 10.0. The van der Waals surface area contributed by atoms with Crippen molar-refractivity contribution in [3.63, 3.8) is 0 Å².